The minimum Gasteiger partial charge on any atom is -0.350 e. The van der Waals surface area contributed by atoms with Crippen LogP contribution in [-0.4, -0.2) is 5.84 Å². The first-order valence-corrected chi connectivity index (χ1v) is 18.3. The number of fused-ring (bicyclic) bond motifs is 9. The van der Waals surface area contributed by atoms with Gasteiger partial charge in [-0.3, -0.25) is 5.32 Å². The van der Waals surface area contributed by atoms with Crippen LogP contribution >= 0.6 is 0 Å². The summed E-state index contributed by atoms with van der Waals surface area (Å²) in [6, 6.07) is 64.2. The van der Waals surface area contributed by atoms with Crippen molar-refractivity contribution in [3.05, 3.63) is 226 Å². The molecular weight excluding hydrogens is 631 g/mol. The van der Waals surface area contributed by atoms with Gasteiger partial charge in [0, 0.05) is 11.0 Å². The molecule has 1 spiro atoms. The van der Waals surface area contributed by atoms with E-state index >= 15 is 0 Å². The van der Waals surface area contributed by atoms with Crippen LogP contribution < -0.4 is 10.6 Å². The minimum absolute atomic E-state index is 0.140. The van der Waals surface area contributed by atoms with Crippen molar-refractivity contribution in [3.63, 3.8) is 0 Å². The highest BCUT2D eigenvalue weighted by atomic mass is 15.3. The number of hydrogen-bond donors (Lipinski definition) is 2. The Morgan fingerprint density at radius 1 is 0.462 bits per heavy atom. The fraction of sp³-hybridized carbons (Fsp3) is 0.122. The fourth-order valence-electron chi connectivity index (χ4n) is 9.31. The van der Waals surface area contributed by atoms with E-state index in [9.17, 15) is 0 Å². The van der Waals surface area contributed by atoms with Crippen molar-refractivity contribution >= 4 is 5.84 Å². The number of aliphatic imine (C=N–C) groups is 1. The van der Waals surface area contributed by atoms with Crippen molar-refractivity contribution in [2.75, 3.05) is 0 Å². The number of rotatable bonds is 4. The van der Waals surface area contributed by atoms with Crippen LogP contribution in [0.1, 0.15) is 76.3 Å². The highest BCUT2D eigenvalue weighted by Gasteiger charge is 2.53. The van der Waals surface area contributed by atoms with E-state index in [-0.39, 0.29) is 17.7 Å². The van der Waals surface area contributed by atoms with Crippen LogP contribution in [0.15, 0.2) is 181 Å². The van der Waals surface area contributed by atoms with E-state index in [1.54, 1.807) is 0 Å². The van der Waals surface area contributed by atoms with E-state index < -0.39 is 5.41 Å². The van der Waals surface area contributed by atoms with Gasteiger partial charge in [-0.1, -0.05) is 184 Å². The first-order chi connectivity index (χ1) is 25.5. The van der Waals surface area contributed by atoms with Crippen LogP contribution in [0, 0.1) is 0 Å². The Morgan fingerprint density at radius 3 is 1.69 bits per heavy atom. The van der Waals surface area contributed by atoms with Gasteiger partial charge < -0.3 is 5.32 Å². The summed E-state index contributed by atoms with van der Waals surface area (Å²) in [5.74, 6) is 0.893. The number of nitrogens with one attached hydrogen (secondary N) is 2. The summed E-state index contributed by atoms with van der Waals surface area (Å²) in [5, 5.41) is 7.72. The molecule has 52 heavy (non-hydrogen) atoms. The van der Waals surface area contributed by atoms with Gasteiger partial charge in [0.1, 0.15) is 18.2 Å². The lowest BCUT2D eigenvalue weighted by molar-refractivity contribution is 0.409. The molecule has 1 heterocycles. The normalized spacial score (nSPS) is 18.7. The molecule has 0 amide bonds. The van der Waals surface area contributed by atoms with Gasteiger partial charge in [-0.05, 0) is 72.8 Å². The monoisotopic (exact) mass is 669 g/mol. The Bertz CT molecular complexity index is 2460. The Labute approximate surface area is 305 Å². The minimum atomic E-state index is -0.458. The second kappa shape index (κ2) is 11.8. The third kappa shape index (κ3) is 4.46. The average Bonchev–Trinajstić information content (AvgIpc) is 3.52. The molecule has 3 aliphatic rings. The molecule has 0 bridgehead atoms. The van der Waals surface area contributed by atoms with E-state index in [0.717, 1.165) is 17.0 Å². The Balaban J connectivity index is 1.21. The summed E-state index contributed by atoms with van der Waals surface area (Å²) in [6.45, 7) is 4.75. The summed E-state index contributed by atoms with van der Waals surface area (Å²) in [7, 11) is 0. The van der Waals surface area contributed by atoms with E-state index in [0.29, 0.717) is 0 Å². The van der Waals surface area contributed by atoms with E-state index in [1.165, 1.54) is 61.2 Å². The maximum absolute atomic E-state index is 5.52. The van der Waals surface area contributed by atoms with Crippen molar-refractivity contribution in [1.82, 2.24) is 10.6 Å². The van der Waals surface area contributed by atoms with Gasteiger partial charge in [0.25, 0.3) is 0 Å². The highest BCUT2D eigenvalue weighted by molar-refractivity contribution is 6.08. The topological polar surface area (TPSA) is 36.4 Å². The molecule has 0 fully saturated rings. The molecule has 250 valence electrons. The lowest BCUT2D eigenvalue weighted by Gasteiger charge is -2.46. The van der Waals surface area contributed by atoms with E-state index in [1.807, 2.05) is 0 Å². The maximum atomic E-state index is 5.52. The van der Waals surface area contributed by atoms with Crippen molar-refractivity contribution in [3.8, 4) is 22.3 Å². The van der Waals surface area contributed by atoms with Gasteiger partial charge in [0.05, 0.1) is 5.41 Å². The Kier molecular flexibility index (Phi) is 6.96. The zero-order valence-corrected chi connectivity index (χ0v) is 29.3. The van der Waals surface area contributed by atoms with Crippen LogP contribution in [0.2, 0.25) is 0 Å². The summed E-state index contributed by atoms with van der Waals surface area (Å²) in [5.41, 5.74) is 15.8. The van der Waals surface area contributed by atoms with E-state index in [2.05, 4.69) is 200 Å². The molecule has 7 aromatic carbocycles. The van der Waals surface area contributed by atoms with Crippen LogP contribution in [0.5, 0.6) is 0 Å². The Morgan fingerprint density at radius 2 is 0.981 bits per heavy atom. The SMILES string of the molecule is CC1(C)c2ccccc2C2(c3ccccc3-c3c(C4=NC(c5cccc(-c6ccccc6)c5)NC(c5ccccc5)N4)cccc32)c2ccccc21. The van der Waals surface area contributed by atoms with Gasteiger partial charge >= 0.3 is 0 Å². The zero-order chi connectivity index (χ0) is 34.9. The summed E-state index contributed by atoms with van der Waals surface area (Å²) in [4.78, 5) is 5.52. The number of benzene rings is 7. The van der Waals surface area contributed by atoms with Gasteiger partial charge in [0.2, 0.25) is 0 Å². The van der Waals surface area contributed by atoms with Crippen LogP contribution in [0.4, 0.5) is 0 Å². The van der Waals surface area contributed by atoms with Gasteiger partial charge in [-0.25, -0.2) is 4.99 Å². The first-order valence-electron chi connectivity index (χ1n) is 18.3. The van der Waals surface area contributed by atoms with Crippen LogP contribution in [0.3, 0.4) is 0 Å². The van der Waals surface area contributed by atoms with Gasteiger partial charge in [0.15, 0.2) is 0 Å². The van der Waals surface area contributed by atoms with Crippen molar-refractivity contribution < 1.29 is 0 Å². The molecule has 2 atom stereocenters. The maximum Gasteiger partial charge on any atom is 0.132 e. The summed E-state index contributed by atoms with van der Waals surface area (Å²) < 4.78 is 0. The molecule has 2 aliphatic carbocycles. The summed E-state index contributed by atoms with van der Waals surface area (Å²) >= 11 is 0. The van der Waals surface area contributed by atoms with Crippen LogP contribution in [-0.2, 0) is 10.8 Å². The lowest BCUT2D eigenvalue weighted by atomic mass is 9.55. The predicted octanol–water partition coefficient (Wildman–Crippen LogP) is 10.7. The third-order valence-electron chi connectivity index (χ3n) is 11.6. The smallest absolute Gasteiger partial charge is 0.132 e. The molecule has 1 aliphatic heterocycles. The molecule has 0 aromatic heterocycles. The quantitative estimate of drug-likeness (QED) is 0.196. The van der Waals surface area contributed by atoms with Crippen molar-refractivity contribution in [2.45, 2.75) is 37.0 Å². The molecule has 10 rings (SSSR count). The summed E-state index contributed by atoms with van der Waals surface area (Å²) in [6.07, 6.45) is -0.402. The first kappa shape index (κ1) is 30.8. The molecule has 3 heteroatoms. The molecule has 7 aromatic rings. The standard InChI is InChI=1S/C49H39N3/c1-48(2)39-26-11-13-28-41(39)49(42-29-14-12-27-40(42)48)38-25-10-9-23-36(38)44-37(24-16-30-43(44)49)47-51-45(33-19-7-4-8-20-33)50-46(52-47)35-22-15-21-34(31-35)32-17-5-3-6-18-32/h3-31,45-46,50H,1-2H3,(H,51,52). The fourth-order valence-corrected chi connectivity index (χ4v) is 9.31. The molecule has 0 saturated carbocycles. The Hall–Kier alpha value is -6.03. The molecular formula is C49H39N3. The predicted molar refractivity (Wildman–Crippen MR) is 212 cm³/mol. The second-order valence-corrected chi connectivity index (χ2v) is 14.8. The van der Waals surface area contributed by atoms with Gasteiger partial charge in [-0.2, -0.15) is 0 Å². The largest absolute Gasteiger partial charge is 0.350 e. The molecule has 2 unspecified atom stereocenters. The van der Waals surface area contributed by atoms with Crippen LogP contribution in [0.25, 0.3) is 22.3 Å². The third-order valence-corrected chi connectivity index (χ3v) is 11.6. The average molecular weight is 670 g/mol. The lowest BCUT2D eigenvalue weighted by Crippen LogP contribution is -2.45. The number of hydrogen-bond acceptors (Lipinski definition) is 3. The second-order valence-electron chi connectivity index (χ2n) is 14.8. The molecule has 0 radical (unpaired) electrons. The highest BCUT2D eigenvalue weighted by Crippen LogP contribution is 2.62. The van der Waals surface area contributed by atoms with E-state index in [4.69, 9.17) is 4.99 Å². The van der Waals surface area contributed by atoms with Gasteiger partial charge in [-0.15, -0.1) is 0 Å². The molecule has 2 N–H and O–H groups in total. The molecule has 0 saturated heterocycles. The molecule has 3 nitrogen and oxygen atoms in total. The van der Waals surface area contributed by atoms with Crippen molar-refractivity contribution in [2.24, 2.45) is 4.99 Å². The zero-order valence-electron chi connectivity index (χ0n) is 29.3. The number of nitrogens with zero attached hydrogens (tertiary/aromatic N) is 1. The number of amidine groups is 1. The van der Waals surface area contributed by atoms with Crippen molar-refractivity contribution in [1.29, 1.82) is 0 Å².